The van der Waals surface area contributed by atoms with Crippen LogP contribution in [0.1, 0.15) is 35.2 Å². The lowest BCUT2D eigenvalue weighted by molar-refractivity contribution is 0.0936. The van der Waals surface area contributed by atoms with Crippen LogP contribution in [0.4, 0.5) is 5.69 Å². The summed E-state index contributed by atoms with van der Waals surface area (Å²) in [5.74, 6) is 1.06. The molecule has 0 aliphatic heterocycles. The highest BCUT2D eigenvalue weighted by Crippen LogP contribution is 2.28. The summed E-state index contributed by atoms with van der Waals surface area (Å²) in [7, 11) is -2.29. The first-order chi connectivity index (χ1) is 14.4. The van der Waals surface area contributed by atoms with E-state index in [4.69, 9.17) is 9.47 Å². The van der Waals surface area contributed by atoms with Crippen LogP contribution in [0.5, 0.6) is 5.75 Å². The van der Waals surface area contributed by atoms with Crippen LogP contribution in [0.25, 0.3) is 0 Å². The van der Waals surface area contributed by atoms with Crippen molar-refractivity contribution < 1.29 is 22.7 Å². The minimum atomic E-state index is -3.83. The van der Waals surface area contributed by atoms with Crippen molar-refractivity contribution in [1.29, 1.82) is 0 Å². The summed E-state index contributed by atoms with van der Waals surface area (Å²) in [6, 6.07) is 11.1. The van der Waals surface area contributed by atoms with Gasteiger partial charge in [-0.05, 0) is 74.1 Å². The van der Waals surface area contributed by atoms with Crippen LogP contribution in [-0.4, -0.2) is 41.2 Å². The number of anilines is 1. The number of sulfonamides is 1. The number of benzene rings is 2. The molecule has 1 fully saturated rings. The summed E-state index contributed by atoms with van der Waals surface area (Å²) in [4.78, 5) is 12.6. The van der Waals surface area contributed by atoms with Crippen LogP contribution in [-0.2, 0) is 14.8 Å². The topological polar surface area (TPSA) is 93.7 Å². The summed E-state index contributed by atoms with van der Waals surface area (Å²) < 4.78 is 38.6. The van der Waals surface area contributed by atoms with Gasteiger partial charge < -0.3 is 14.8 Å². The standard InChI is InChI=1S/C22H28N2O5S/c1-16-4-11-20(30(26,27)24-18-7-9-19(28-2)10-8-18)14-21(16)22(25)23-12-3-13-29-15-17-5-6-17/h4,7-11,14,17,24H,3,5-6,12-13,15H2,1-2H3,(H,23,25). The number of methoxy groups -OCH3 is 1. The van der Waals surface area contributed by atoms with Crippen molar-refractivity contribution in [2.24, 2.45) is 5.92 Å². The predicted molar refractivity (Wildman–Crippen MR) is 115 cm³/mol. The third kappa shape index (κ3) is 6.21. The molecular weight excluding hydrogens is 404 g/mol. The molecule has 3 rings (SSSR count). The number of amides is 1. The van der Waals surface area contributed by atoms with Crippen LogP contribution in [0.3, 0.4) is 0 Å². The zero-order valence-electron chi connectivity index (χ0n) is 17.3. The van der Waals surface area contributed by atoms with Crippen molar-refractivity contribution in [3.05, 3.63) is 53.6 Å². The molecule has 162 valence electrons. The summed E-state index contributed by atoms with van der Waals surface area (Å²) in [6.07, 6.45) is 3.22. The minimum Gasteiger partial charge on any atom is -0.497 e. The SMILES string of the molecule is COc1ccc(NS(=O)(=O)c2ccc(C)c(C(=O)NCCCOCC3CC3)c2)cc1. The lowest BCUT2D eigenvalue weighted by atomic mass is 10.1. The summed E-state index contributed by atoms with van der Waals surface area (Å²) in [5.41, 5.74) is 1.46. The average Bonchev–Trinajstić information content (AvgIpc) is 3.55. The maximum atomic E-state index is 12.7. The minimum absolute atomic E-state index is 0.0295. The second-order valence-corrected chi connectivity index (χ2v) is 9.12. The van der Waals surface area contributed by atoms with Gasteiger partial charge in [0.05, 0.1) is 12.0 Å². The van der Waals surface area contributed by atoms with Gasteiger partial charge in [0.25, 0.3) is 15.9 Å². The van der Waals surface area contributed by atoms with Gasteiger partial charge >= 0.3 is 0 Å². The number of rotatable bonds is 11. The highest BCUT2D eigenvalue weighted by molar-refractivity contribution is 7.92. The lowest BCUT2D eigenvalue weighted by Gasteiger charge is -2.12. The highest BCUT2D eigenvalue weighted by atomic mass is 32.2. The van der Waals surface area contributed by atoms with Gasteiger partial charge in [0, 0.05) is 31.0 Å². The van der Waals surface area contributed by atoms with E-state index in [9.17, 15) is 13.2 Å². The fourth-order valence-electron chi connectivity index (χ4n) is 2.89. The maximum absolute atomic E-state index is 12.7. The lowest BCUT2D eigenvalue weighted by Crippen LogP contribution is -2.26. The van der Waals surface area contributed by atoms with Crippen molar-refractivity contribution in [2.75, 3.05) is 31.6 Å². The van der Waals surface area contributed by atoms with E-state index in [1.54, 1.807) is 44.4 Å². The quantitative estimate of drug-likeness (QED) is 0.531. The molecule has 7 nitrogen and oxygen atoms in total. The number of carbonyl (C=O) groups is 1. The van der Waals surface area contributed by atoms with Crippen molar-refractivity contribution in [1.82, 2.24) is 5.32 Å². The molecule has 0 radical (unpaired) electrons. The average molecular weight is 433 g/mol. The largest absolute Gasteiger partial charge is 0.497 e. The van der Waals surface area contributed by atoms with E-state index >= 15 is 0 Å². The van der Waals surface area contributed by atoms with Crippen molar-refractivity contribution in [3.63, 3.8) is 0 Å². The van der Waals surface area contributed by atoms with E-state index in [0.29, 0.717) is 42.1 Å². The fraction of sp³-hybridized carbons (Fsp3) is 0.409. The molecule has 1 aliphatic carbocycles. The van der Waals surface area contributed by atoms with Crippen LogP contribution in [0, 0.1) is 12.8 Å². The molecule has 30 heavy (non-hydrogen) atoms. The van der Waals surface area contributed by atoms with Crippen molar-refractivity contribution in [2.45, 2.75) is 31.1 Å². The molecule has 0 heterocycles. The fourth-order valence-corrected chi connectivity index (χ4v) is 3.98. The molecule has 0 saturated heterocycles. The molecule has 0 bridgehead atoms. The van der Waals surface area contributed by atoms with E-state index < -0.39 is 10.0 Å². The molecule has 8 heteroatoms. The zero-order valence-corrected chi connectivity index (χ0v) is 18.1. The maximum Gasteiger partial charge on any atom is 0.261 e. The van der Waals surface area contributed by atoms with E-state index in [2.05, 4.69) is 10.0 Å². The van der Waals surface area contributed by atoms with Gasteiger partial charge in [0.15, 0.2) is 0 Å². The third-order valence-corrected chi connectivity index (χ3v) is 6.29. The van der Waals surface area contributed by atoms with Crippen LogP contribution >= 0.6 is 0 Å². The molecule has 0 unspecified atom stereocenters. The molecule has 1 amide bonds. The van der Waals surface area contributed by atoms with E-state index in [0.717, 1.165) is 12.5 Å². The van der Waals surface area contributed by atoms with E-state index in [1.807, 2.05) is 0 Å². The van der Waals surface area contributed by atoms with Crippen LogP contribution in [0.2, 0.25) is 0 Å². The van der Waals surface area contributed by atoms with Gasteiger partial charge in [-0.1, -0.05) is 6.07 Å². The first-order valence-electron chi connectivity index (χ1n) is 10.0. The van der Waals surface area contributed by atoms with Gasteiger partial charge in [-0.2, -0.15) is 0 Å². The molecule has 1 saturated carbocycles. The van der Waals surface area contributed by atoms with Gasteiger partial charge in [0.2, 0.25) is 0 Å². The summed E-state index contributed by atoms with van der Waals surface area (Å²) in [6.45, 7) is 3.66. The zero-order chi connectivity index (χ0) is 21.6. The monoisotopic (exact) mass is 432 g/mol. The molecule has 1 aliphatic rings. The smallest absolute Gasteiger partial charge is 0.261 e. The first kappa shape index (κ1) is 22.1. The van der Waals surface area contributed by atoms with Crippen molar-refractivity contribution in [3.8, 4) is 5.75 Å². The number of nitrogens with one attached hydrogen (secondary N) is 2. The second kappa shape index (κ2) is 9.95. The molecule has 2 N–H and O–H groups in total. The summed E-state index contributed by atoms with van der Waals surface area (Å²) in [5, 5.41) is 2.84. The van der Waals surface area contributed by atoms with Gasteiger partial charge in [0.1, 0.15) is 5.75 Å². The molecular formula is C22H28N2O5S. The van der Waals surface area contributed by atoms with Gasteiger partial charge in [-0.25, -0.2) is 8.42 Å². The Bertz CT molecular complexity index is 970. The van der Waals surface area contributed by atoms with Gasteiger partial charge in [-0.3, -0.25) is 9.52 Å². The number of ether oxygens (including phenoxy) is 2. The number of hydrogen-bond donors (Lipinski definition) is 2. The van der Waals surface area contributed by atoms with E-state index in [1.165, 1.54) is 25.0 Å². The Morgan fingerprint density at radius 1 is 1.13 bits per heavy atom. The highest BCUT2D eigenvalue weighted by Gasteiger charge is 2.21. The Labute approximate surface area is 177 Å². The Balaban J connectivity index is 1.60. The molecule has 2 aromatic rings. The Hall–Kier alpha value is -2.58. The third-order valence-electron chi connectivity index (χ3n) is 4.91. The Morgan fingerprint density at radius 2 is 1.87 bits per heavy atom. The molecule has 2 aromatic carbocycles. The Morgan fingerprint density at radius 3 is 2.53 bits per heavy atom. The first-order valence-corrected chi connectivity index (χ1v) is 11.5. The molecule has 0 aromatic heterocycles. The normalized spacial score (nSPS) is 13.7. The van der Waals surface area contributed by atoms with E-state index in [-0.39, 0.29) is 10.8 Å². The molecule has 0 atom stereocenters. The predicted octanol–water partition coefficient (Wildman–Crippen LogP) is 3.35. The number of carbonyl (C=O) groups excluding carboxylic acids is 1. The van der Waals surface area contributed by atoms with Crippen LogP contribution in [0.15, 0.2) is 47.4 Å². The summed E-state index contributed by atoms with van der Waals surface area (Å²) >= 11 is 0. The molecule has 0 spiro atoms. The van der Waals surface area contributed by atoms with Gasteiger partial charge in [-0.15, -0.1) is 0 Å². The Kier molecular flexibility index (Phi) is 7.33. The number of aryl methyl sites for hydroxylation is 1. The number of hydrogen-bond acceptors (Lipinski definition) is 5. The van der Waals surface area contributed by atoms with Crippen LogP contribution < -0.4 is 14.8 Å². The van der Waals surface area contributed by atoms with Crippen molar-refractivity contribution >= 4 is 21.6 Å². The second-order valence-electron chi connectivity index (χ2n) is 7.44.